The lowest BCUT2D eigenvalue weighted by Gasteiger charge is -2.26. The van der Waals surface area contributed by atoms with Crippen molar-refractivity contribution in [2.75, 3.05) is 26.9 Å². The monoisotopic (exact) mass is 324 g/mol. The number of hydrogen-bond donors (Lipinski definition) is 1. The van der Waals surface area contributed by atoms with Crippen molar-refractivity contribution in [2.45, 2.75) is 5.54 Å². The minimum absolute atomic E-state index is 0.219. The fourth-order valence-corrected chi connectivity index (χ4v) is 2.87. The SMILES string of the molecule is Bc1cccc([C@@]2(c3ccc(OCCOC)cc3)COC(N)=N2)c1. The normalized spacial score (nSPS) is 19.6. The third-order valence-corrected chi connectivity index (χ3v) is 4.11. The molecule has 2 aromatic carbocycles. The Kier molecular flexibility index (Phi) is 4.76. The number of nitrogens with two attached hydrogens (primary N) is 1. The van der Waals surface area contributed by atoms with E-state index in [-0.39, 0.29) is 6.02 Å². The van der Waals surface area contributed by atoms with Gasteiger partial charge in [-0.05, 0) is 23.3 Å². The van der Waals surface area contributed by atoms with Gasteiger partial charge in [-0.25, -0.2) is 4.99 Å². The Labute approximate surface area is 142 Å². The molecule has 5 nitrogen and oxygen atoms in total. The molecular weight excluding hydrogens is 303 g/mol. The summed E-state index contributed by atoms with van der Waals surface area (Å²) in [5, 5.41) is 0. The second-order valence-corrected chi connectivity index (χ2v) is 5.83. The van der Waals surface area contributed by atoms with E-state index in [1.54, 1.807) is 7.11 Å². The molecule has 0 spiro atoms. The van der Waals surface area contributed by atoms with Crippen molar-refractivity contribution < 1.29 is 14.2 Å². The Balaban J connectivity index is 1.93. The zero-order chi connectivity index (χ0) is 17.0. The van der Waals surface area contributed by atoms with E-state index in [4.69, 9.17) is 19.9 Å². The molecule has 0 saturated carbocycles. The van der Waals surface area contributed by atoms with Crippen LogP contribution in [0.5, 0.6) is 5.75 Å². The Morgan fingerprint density at radius 2 is 1.96 bits per heavy atom. The van der Waals surface area contributed by atoms with Crippen molar-refractivity contribution in [3.63, 3.8) is 0 Å². The molecule has 2 aromatic rings. The van der Waals surface area contributed by atoms with Gasteiger partial charge < -0.3 is 19.9 Å². The number of nitrogens with zero attached hydrogens (tertiary/aromatic N) is 1. The zero-order valence-corrected chi connectivity index (χ0v) is 14.0. The average Bonchev–Trinajstić information content (AvgIpc) is 2.99. The Morgan fingerprint density at radius 3 is 2.58 bits per heavy atom. The van der Waals surface area contributed by atoms with Crippen LogP contribution in [0.3, 0.4) is 0 Å². The second kappa shape index (κ2) is 6.97. The van der Waals surface area contributed by atoms with Gasteiger partial charge in [0.05, 0.1) is 6.61 Å². The van der Waals surface area contributed by atoms with Crippen LogP contribution in [0.2, 0.25) is 0 Å². The van der Waals surface area contributed by atoms with Crippen LogP contribution in [0.1, 0.15) is 11.1 Å². The molecule has 0 aromatic heterocycles. The van der Waals surface area contributed by atoms with E-state index in [9.17, 15) is 0 Å². The summed E-state index contributed by atoms with van der Waals surface area (Å²) in [5.74, 6) is 0.797. The largest absolute Gasteiger partial charge is 0.491 e. The highest BCUT2D eigenvalue weighted by molar-refractivity contribution is 6.32. The summed E-state index contributed by atoms with van der Waals surface area (Å²) in [6, 6.07) is 16.4. The fourth-order valence-electron chi connectivity index (χ4n) is 2.87. The molecule has 24 heavy (non-hydrogen) atoms. The van der Waals surface area contributed by atoms with Gasteiger partial charge in [-0.15, -0.1) is 0 Å². The third kappa shape index (κ3) is 3.24. The molecule has 0 amide bonds. The fraction of sp³-hybridized carbons (Fsp3) is 0.278. The van der Waals surface area contributed by atoms with Crippen LogP contribution in [0.15, 0.2) is 53.5 Å². The number of rotatable bonds is 6. The summed E-state index contributed by atoms with van der Waals surface area (Å²) >= 11 is 0. The maximum absolute atomic E-state index is 5.82. The molecule has 1 aliphatic rings. The van der Waals surface area contributed by atoms with Crippen molar-refractivity contribution in [3.8, 4) is 5.75 Å². The standard InChI is InChI=1S/C18H21BN2O3/c1-22-9-10-23-16-7-5-13(6-8-16)18(12-24-17(20)21-18)14-3-2-4-15(19)11-14/h2-8,11H,9-10,12,19H2,1H3,(H2,20,21)/t18-/m0/s1. The first kappa shape index (κ1) is 16.4. The first-order valence-electron chi connectivity index (χ1n) is 7.91. The molecule has 1 aliphatic heterocycles. The summed E-state index contributed by atoms with van der Waals surface area (Å²) in [6.45, 7) is 1.48. The van der Waals surface area contributed by atoms with Crippen molar-refractivity contribution >= 4 is 19.3 Å². The quantitative estimate of drug-likeness (QED) is 0.623. The van der Waals surface area contributed by atoms with E-state index in [0.717, 1.165) is 16.9 Å². The highest BCUT2D eigenvalue weighted by atomic mass is 16.5. The van der Waals surface area contributed by atoms with Crippen LogP contribution in [-0.2, 0) is 15.0 Å². The number of benzene rings is 2. The highest BCUT2D eigenvalue weighted by Crippen LogP contribution is 2.37. The van der Waals surface area contributed by atoms with Crippen molar-refractivity contribution in [3.05, 3.63) is 59.7 Å². The van der Waals surface area contributed by atoms with Gasteiger partial charge in [-0.1, -0.05) is 41.9 Å². The molecule has 0 unspecified atom stereocenters. The van der Waals surface area contributed by atoms with E-state index in [1.165, 1.54) is 5.46 Å². The lowest BCUT2D eigenvalue weighted by molar-refractivity contribution is 0.146. The molecule has 1 heterocycles. The van der Waals surface area contributed by atoms with Crippen LogP contribution in [0, 0.1) is 0 Å². The van der Waals surface area contributed by atoms with Crippen LogP contribution in [0.4, 0.5) is 0 Å². The van der Waals surface area contributed by atoms with E-state index in [2.05, 4.69) is 31.0 Å². The molecule has 0 bridgehead atoms. The number of ether oxygens (including phenoxy) is 3. The smallest absolute Gasteiger partial charge is 0.283 e. The van der Waals surface area contributed by atoms with Gasteiger partial charge in [0.15, 0.2) is 0 Å². The lowest BCUT2D eigenvalue weighted by atomic mass is 9.81. The molecule has 6 heteroatoms. The topological polar surface area (TPSA) is 66.1 Å². The summed E-state index contributed by atoms with van der Waals surface area (Å²) in [5.41, 5.74) is 8.47. The summed E-state index contributed by atoms with van der Waals surface area (Å²) in [7, 11) is 3.72. The van der Waals surface area contributed by atoms with Gasteiger partial charge in [-0.2, -0.15) is 0 Å². The predicted molar refractivity (Wildman–Crippen MR) is 96.8 cm³/mol. The van der Waals surface area contributed by atoms with Gasteiger partial charge in [0.25, 0.3) is 6.02 Å². The van der Waals surface area contributed by atoms with Crippen molar-refractivity contribution in [1.29, 1.82) is 0 Å². The highest BCUT2D eigenvalue weighted by Gasteiger charge is 2.39. The Morgan fingerprint density at radius 1 is 1.17 bits per heavy atom. The maximum Gasteiger partial charge on any atom is 0.283 e. The minimum Gasteiger partial charge on any atom is -0.491 e. The molecule has 0 radical (unpaired) electrons. The van der Waals surface area contributed by atoms with Crippen molar-refractivity contribution in [2.24, 2.45) is 10.7 Å². The van der Waals surface area contributed by atoms with Gasteiger partial charge in [0.1, 0.15) is 32.3 Å². The second-order valence-electron chi connectivity index (χ2n) is 5.83. The van der Waals surface area contributed by atoms with Gasteiger partial charge >= 0.3 is 0 Å². The van der Waals surface area contributed by atoms with Crippen LogP contribution in [0.25, 0.3) is 0 Å². The molecule has 124 valence electrons. The molecule has 0 saturated heterocycles. The molecule has 1 atom stereocenters. The minimum atomic E-state index is -0.610. The third-order valence-electron chi connectivity index (χ3n) is 4.11. The molecule has 0 fully saturated rings. The summed E-state index contributed by atoms with van der Waals surface area (Å²) < 4.78 is 16.1. The van der Waals surface area contributed by atoms with E-state index in [0.29, 0.717) is 19.8 Å². The maximum atomic E-state index is 5.82. The predicted octanol–water partition coefficient (Wildman–Crippen LogP) is 0.559. The van der Waals surface area contributed by atoms with E-state index in [1.807, 2.05) is 30.3 Å². The number of amidine groups is 1. The number of methoxy groups -OCH3 is 1. The first-order valence-corrected chi connectivity index (χ1v) is 7.91. The van der Waals surface area contributed by atoms with Crippen molar-refractivity contribution in [1.82, 2.24) is 0 Å². The molecular formula is C18H21BN2O3. The van der Waals surface area contributed by atoms with E-state index >= 15 is 0 Å². The molecule has 3 rings (SSSR count). The zero-order valence-electron chi connectivity index (χ0n) is 14.0. The lowest BCUT2D eigenvalue weighted by Crippen LogP contribution is -2.28. The number of aliphatic imine (C=N–C) groups is 1. The Hall–Kier alpha value is -2.47. The summed E-state index contributed by atoms with van der Waals surface area (Å²) in [6.07, 6.45) is 0. The average molecular weight is 324 g/mol. The molecule has 2 N–H and O–H groups in total. The van der Waals surface area contributed by atoms with E-state index < -0.39 is 5.54 Å². The molecule has 0 aliphatic carbocycles. The van der Waals surface area contributed by atoms with Gasteiger partial charge in [0, 0.05) is 7.11 Å². The summed E-state index contributed by atoms with van der Waals surface area (Å²) in [4.78, 5) is 4.62. The van der Waals surface area contributed by atoms with Crippen LogP contribution in [-0.4, -0.2) is 40.8 Å². The van der Waals surface area contributed by atoms with Gasteiger partial charge in [0.2, 0.25) is 0 Å². The number of hydrogen-bond acceptors (Lipinski definition) is 5. The van der Waals surface area contributed by atoms with Gasteiger partial charge in [-0.3, -0.25) is 0 Å². The van der Waals surface area contributed by atoms with Crippen LogP contribution >= 0.6 is 0 Å². The Bertz CT molecular complexity index is 733. The first-order chi connectivity index (χ1) is 11.6. The van der Waals surface area contributed by atoms with Crippen LogP contribution < -0.4 is 15.9 Å².